The first-order chi connectivity index (χ1) is 11.2. The fourth-order valence-electron chi connectivity index (χ4n) is 2.50. The van der Waals surface area contributed by atoms with Gasteiger partial charge in [0.05, 0.1) is 5.69 Å². The van der Waals surface area contributed by atoms with Crippen LogP contribution in [0.25, 0.3) is 11.3 Å². The van der Waals surface area contributed by atoms with Gasteiger partial charge in [0.2, 0.25) is 0 Å². The van der Waals surface area contributed by atoms with Crippen LogP contribution in [0.2, 0.25) is 0 Å². The van der Waals surface area contributed by atoms with Gasteiger partial charge < -0.3 is 5.32 Å². The van der Waals surface area contributed by atoms with Crippen LogP contribution in [0, 0.1) is 6.92 Å². The van der Waals surface area contributed by atoms with Crippen LogP contribution in [0.15, 0.2) is 72.9 Å². The number of nitrogens with zero attached hydrogens (tertiary/aromatic N) is 1. The lowest BCUT2D eigenvalue weighted by Gasteiger charge is -2.10. The minimum absolute atomic E-state index is 0.0790. The van der Waals surface area contributed by atoms with E-state index >= 15 is 0 Å². The van der Waals surface area contributed by atoms with Crippen molar-refractivity contribution in [2.24, 2.45) is 0 Å². The molecule has 3 rings (SSSR count). The van der Waals surface area contributed by atoms with Crippen LogP contribution in [0.1, 0.15) is 21.5 Å². The highest BCUT2D eigenvalue weighted by atomic mass is 16.1. The number of benzene rings is 2. The molecule has 0 aliphatic rings. The van der Waals surface area contributed by atoms with Crippen molar-refractivity contribution < 1.29 is 4.79 Å². The fourth-order valence-corrected chi connectivity index (χ4v) is 2.50. The number of nitrogens with one attached hydrogen (secondary N) is 1. The summed E-state index contributed by atoms with van der Waals surface area (Å²) in [4.78, 5) is 16.7. The second kappa shape index (κ2) is 6.88. The van der Waals surface area contributed by atoms with E-state index in [4.69, 9.17) is 0 Å². The Morgan fingerprint density at radius 2 is 1.83 bits per heavy atom. The third-order valence-electron chi connectivity index (χ3n) is 3.66. The SMILES string of the molecule is Cc1cccc(-c2ncccc2CNC(=O)c2ccccc2)c1. The summed E-state index contributed by atoms with van der Waals surface area (Å²) in [6.07, 6.45) is 1.78. The average molecular weight is 302 g/mol. The molecule has 0 aliphatic carbocycles. The van der Waals surface area contributed by atoms with E-state index in [2.05, 4.69) is 29.4 Å². The molecule has 1 amide bonds. The number of rotatable bonds is 4. The first kappa shape index (κ1) is 15.0. The second-order valence-electron chi connectivity index (χ2n) is 5.43. The van der Waals surface area contributed by atoms with Crippen LogP contribution in [0.5, 0.6) is 0 Å². The standard InChI is InChI=1S/C20H18N2O/c1-15-7-5-10-17(13-15)19-18(11-6-12-21-19)14-22-20(23)16-8-3-2-4-9-16/h2-13H,14H2,1H3,(H,22,23). The van der Waals surface area contributed by atoms with Crippen molar-refractivity contribution in [3.05, 3.63) is 89.6 Å². The Bertz CT molecular complexity index is 813. The molecule has 3 heteroatoms. The molecule has 0 unspecified atom stereocenters. The van der Waals surface area contributed by atoms with Crippen molar-refractivity contribution in [2.75, 3.05) is 0 Å². The van der Waals surface area contributed by atoms with E-state index < -0.39 is 0 Å². The Balaban J connectivity index is 1.80. The summed E-state index contributed by atoms with van der Waals surface area (Å²) in [7, 11) is 0. The van der Waals surface area contributed by atoms with Gasteiger partial charge in [0.25, 0.3) is 5.91 Å². The van der Waals surface area contributed by atoms with Crippen LogP contribution in [-0.2, 0) is 6.54 Å². The largest absolute Gasteiger partial charge is 0.348 e. The van der Waals surface area contributed by atoms with E-state index in [9.17, 15) is 4.79 Å². The number of hydrogen-bond donors (Lipinski definition) is 1. The van der Waals surface area contributed by atoms with Gasteiger partial charge in [-0.05, 0) is 36.8 Å². The van der Waals surface area contributed by atoms with Gasteiger partial charge in [-0.15, -0.1) is 0 Å². The zero-order valence-electron chi connectivity index (χ0n) is 13.0. The first-order valence-corrected chi connectivity index (χ1v) is 7.58. The second-order valence-corrected chi connectivity index (χ2v) is 5.43. The number of aryl methyl sites for hydroxylation is 1. The van der Waals surface area contributed by atoms with Crippen molar-refractivity contribution in [3.63, 3.8) is 0 Å². The van der Waals surface area contributed by atoms with Gasteiger partial charge in [-0.25, -0.2) is 0 Å². The van der Waals surface area contributed by atoms with Crippen molar-refractivity contribution in [3.8, 4) is 11.3 Å². The Morgan fingerprint density at radius 3 is 2.61 bits per heavy atom. The van der Waals surface area contributed by atoms with Gasteiger partial charge in [0, 0.05) is 23.9 Å². The molecule has 1 heterocycles. The van der Waals surface area contributed by atoms with Crippen molar-refractivity contribution >= 4 is 5.91 Å². The third kappa shape index (κ3) is 3.64. The highest BCUT2D eigenvalue weighted by Crippen LogP contribution is 2.22. The monoisotopic (exact) mass is 302 g/mol. The summed E-state index contributed by atoms with van der Waals surface area (Å²) >= 11 is 0. The summed E-state index contributed by atoms with van der Waals surface area (Å²) in [5, 5.41) is 2.96. The van der Waals surface area contributed by atoms with Gasteiger partial charge >= 0.3 is 0 Å². The van der Waals surface area contributed by atoms with Crippen LogP contribution in [-0.4, -0.2) is 10.9 Å². The predicted molar refractivity (Wildman–Crippen MR) is 92.0 cm³/mol. The molecule has 1 aromatic heterocycles. The molecular formula is C20H18N2O. The van der Waals surface area contributed by atoms with E-state index in [-0.39, 0.29) is 5.91 Å². The van der Waals surface area contributed by atoms with Crippen LogP contribution >= 0.6 is 0 Å². The van der Waals surface area contributed by atoms with E-state index in [0.29, 0.717) is 12.1 Å². The molecule has 3 aromatic rings. The molecular weight excluding hydrogens is 284 g/mol. The molecule has 0 fully saturated rings. The summed E-state index contributed by atoms with van der Waals surface area (Å²) in [6.45, 7) is 2.51. The molecule has 1 N–H and O–H groups in total. The van der Waals surface area contributed by atoms with E-state index in [1.54, 1.807) is 18.3 Å². The number of pyridine rings is 1. The zero-order valence-corrected chi connectivity index (χ0v) is 13.0. The summed E-state index contributed by atoms with van der Waals surface area (Å²) < 4.78 is 0. The Kier molecular flexibility index (Phi) is 4.48. The quantitative estimate of drug-likeness (QED) is 0.792. The lowest BCUT2D eigenvalue weighted by Crippen LogP contribution is -2.23. The molecule has 2 aromatic carbocycles. The first-order valence-electron chi connectivity index (χ1n) is 7.58. The highest BCUT2D eigenvalue weighted by molar-refractivity contribution is 5.94. The normalized spacial score (nSPS) is 10.3. The Labute approximate surface area is 136 Å². The van der Waals surface area contributed by atoms with Crippen LogP contribution in [0.4, 0.5) is 0 Å². The molecule has 0 aliphatic heterocycles. The maximum Gasteiger partial charge on any atom is 0.251 e. The minimum atomic E-state index is -0.0790. The van der Waals surface area contributed by atoms with E-state index in [1.165, 1.54) is 5.56 Å². The number of hydrogen-bond acceptors (Lipinski definition) is 2. The number of amides is 1. The predicted octanol–water partition coefficient (Wildman–Crippen LogP) is 3.99. The molecule has 0 atom stereocenters. The number of aromatic nitrogens is 1. The number of carbonyl (C=O) groups is 1. The number of carbonyl (C=O) groups excluding carboxylic acids is 1. The summed E-state index contributed by atoms with van der Waals surface area (Å²) in [5.74, 6) is -0.0790. The maximum atomic E-state index is 12.2. The van der Waals surface area contributed by atoms with Gasteiger partial charge in [0.1, 0.15) is 0 Å². The van der Waals surface area contributed by atoms with Gasteiger partial charge in [-0.3, -0.25) is 9.78 Å². The molecule has 0 bridgehead atoms. The molecule has 0 saturated heterocycles. The molecule has 0 radical (unpaired) electrons. The third-order valence-corrected chi connectivity index (χ3v) is 3.66. The molecule has 114 valence electrons. The molecule has 0 spiro atoms. The van der Waals surface area contributed by atoms with Gasteiger partial charge in [-0.2, -0.15) is 0 Å². The molecule has 23 heavy (non-hydrogen) atoms. The van der Waals surface area contributed by atoms with Gasteiger partial charge in [0.15, 0.2) is 0 Å². The summed E-state index contributed by atoms with van der Waals surface area (Å²) in [5.41, 5.74) is 4.82. The highest BCUT2D eigenvalue weighted by Gasteiger charge is 2.09. The van der Waals surface area contributed by atoms with Gasteiger partial charge in [-0.1, -0.05) is 48.0 Å². The Morgan fingerprint density at radius 1 is 1.00 bits per heavy atom. The van der Waals surface area contributed by atoms with Crippen LogP contribution < -0.4 is 5.32 Å². The molecule has 0 saturated carbocycles. The van der Waals surface area contributed by atoms with Crippen LogP contribution in [0.3, 0.4) is 0 Å². The van der Waals surface area contributed by atoms with Crippen molar-refractivity contribution in [1.82, 2.24) is 10.3 Å². The maximum absolute atomic E-state index is 12.2. The minimum Gasteiger partial charge on any atom is -0.348 e. The van der Waals surface area contributed by atoms with Crippen molar-refractivity contribution in [1.29, 1.82) is 0 Å². The van der Waals surface area contributed by atoms with E-state index in [0.717, 1.165) is 16.8 Å². The molecule has 3 nitrogen and oxygen atoms in total. The topological polar surface area (TPSA) is 42.0 Å². The smallest absolute Gasteiger partial charge is 0.251 e. The Hall–Kier alpha value is -2.94. The average Bonchev–Trinajstić information content (AvgIpc) is 2.60. The van der Waals surface area contributed by atoms with Crippen molar-refractivity contribution in [2.45, 2.75) is 13.5 Å². The summed E-state index contributed by atoms with van der Waals surface area (Å²) in [6, 6.07) is 21.3. The van der Waals surface area contributed by atoms with E-state index in [1.807, 2.05) is 42.5 Å². The lowest BCUT2D eigenvalue weighted by molar-refractivity contribution is 0.0951. The fraction of sp³-hybridized carbons (Fsp3) is 0.100. The zero-order chi connectivity index (χ0) is 16.1. The lowest BCUT2D eigenvalue weighted by atomic mass is 10.0.